The minimum Gasteiger partial charge on any atom is -0.350 e. The molecule has 0 aliphatic rings. The second kappa shape index (κ2) is 6.28. The lowest BCUT2D eigenvalue weighted by atomic mass is 9.94. The van der Waals surface area contributed by atoms with Crippen molar-refractivity contribution in [3.05, 3.63) is 59.2 Å². The van der Waals surface area contributed by atoms with Crippen LogP contribution in [0.3, 0.4) is 0 Å². The first kappa shape index (κ1) is 14.2. The summed E-state index contributed by atoms with van der Waals surface area (Å²) in [5.74, 6) is 0.0748. The number of hydrogen-bond acceptors (Lipinski definition) is 3. The molecule has 1 N–H and O–H groups in total. The lowest BCUT2D eigenvalue weighted by molar-refractivity contribution is 0.0946. The highest BCUT2D eigenvalue weighted by atomic mass is 16.1. The van der Waals surface area contributed by atoms with Crippen LogP contribution in [-0.2, 0) is 0 Å². The Hall–Kier alpha value is -2.23. The van der Waals surface area contributed by atoms with Crippen LogP contribution >= 0.6 is 0 Å². The third kappa shape index (κ3) is 3.41. The molecule has 0 fully saturated rings. The third-order valence-corrected chi connectivity index (χ3v) is 3.33. The van der Waals surface area contributed by atoms with Crippen molar-refractivity contribution in [3.8, 4) is 0 Å². The van der Waals surface area contributed by atoms with Crippen LogP contribution < -0.4 is 5.32 Å². The Kier molecular flexibility index (Phi) is 4.45. The van der Waals surface area contributed by atoms with Gasteiger partial charge in [-0.1, -0.05) is 30.7 Å². The summed E-state index contributed by atoms with van der Waals surface area (Å²) in [4.78, 5) is 19.8. The molecule has 0 bridgehead atoms. The lowest BCUT2D eigenvalue weighted by Gasteiger charge is -2.16. The molecule has 0 radical (unpaired) electrons. The highest BCUT2D eigenvalue weighted by molar-refractivity contribution is 5.91. The van der Waals surface area contributed by atoms with Gasteiger partial charge >= 0.3 is 0 Å². The van der Waals surface area contributed by atoms with E-state index in [1.54, 1.807) is 6.20 Å². The number of aryl methyl sites for hydroxylation is 2. The molecule has 1 aromatic heterocycles. The third-order valence-electron chi connectivity index (χ3n) is 3.33. The molecule has 1 amide bonds. The molecule has 0 saturated carbocycles. The molecule has 0 unspecified atom stereocenters. The first-order valence-corrected chi connectivity index (χ1v) is 6.69. The maximum absolute atomic E-state index is 11.9. The van der Waals surface area contributed by atoms with Crippen molar-refractivity contribution in [2.75, 3.05) is 6.54 Å². The summed E-state index contributed by atoms with van der Waals surface area (Å²) in [6, 6.07) is 6.39. The SMILES string of the molecule is Cc1ccc(C)c([C@@H](C)CNC(=O)c2cnccn2)c1. The number of amides is 1. The molecule has 1 aromatic carbocycles. The Labute approximate surface area is 119 Å². The minimum atomic E-state index is -0.185. The molecule has 0 aliphatic heterocycles. The molecular weight excluding hydrogens is 250 g/mol. The first-order chi connectivity index (χ1) is 9.58. The fourth-order valence-corrected chi connectivity index (χ4v) is 2.15. The van der Waals surface area contributed by atoms with E-state index < -0.39 is 0 Å². The summed E-state index contributed by atoms with van der Waals surface area (Å²) in [7, 11) is 0. The average molecular weight is 269 g/mol. The number of aromatic nitrogens is 2. The van der Waals surface area contributed by atoms with Crippen LogP contribution in [0.15, 0.2) is 36.8 Å². The van der Waals surface area contributed by atoms with Gasteiger partial charge in [-0.2, -0.15) is 0 Å². The first-order valence-electron chi connectivity index (χ1n) is 6.69. The van der Waals surface area contributed by atoms with Crippen molar-refractivity contribution in [3.63, 3.8) is 0 Å². The van der Waals surface area contributed by atoms with Crippen molar-refractivity contribution in [1.82, 2.24) is 15.3 Å². The lowest BCUT2D eigenvalue weighted by Crippen LogP contribution is -2.28. The minimum absolute atomic E-state index is 0.185. The van der Waals surface area contributed by atoms with Gasteiger partial charge in [0.2, 0.25) is 0 Å². The van der Waals surface area contributed by atoms with Crippen LogP contribution in [0.2, 0.25) is 0 Å². The molecule has 1 atom stereocenters. The Morgan fingerprint density at radius 2 is 2.10 bits per heavy atom. The van der Waals surface area contributed by atoms with E-state index in [-0.39, 0.29) is 11.8 Å². The summed E-state index contributed by atoms with van der Waals surface area (Å²) in [5, 5.41) is 2.90. The summed E-state index contributed by atoms with van der Waals surface area (Å²) in [6.45, 7) is 6.86. The van der Waals surface area contributed by atoms with Crippen molar-refractivity contribution < 1.29 is 4.79 Å². The smallest absolute Gasteiger partial charge is 0.271 e. The van der Waals surface area contributed by atoms with E-state index in [2.05, 4.69) is 54.3 Å². The van der Waals surface area contributed by atoms with Gasteiger partial charge in [-0.15, -0.1) is 0 Å². The van der Waals surface area contributed by atoms with Gasteiger partial charge in [0.1, 0.15) is 5.69 Å². The Morgan fingerprint density at radius 1 is 1.30 bits per heavy atom. The fraction of sp³-hybridized carbons (Fsp3) is 0.312. The maximum Gasteiger partial charge on any atom is 0.271 e. The van der Waals surface area contributed by atoms with Gasteiger partial charge in [0.05, 0.1) is 6.20 Å². The second-order valence-corrected chi connectivity index (χ2v) is 5.06. The molecule has 2 rings (SSSR count). The number of nitrogens with one attached hydrogen (secondary N) is 1. The van der Waals surface area contributed by atoms with Gasteiger partial charge in [0.25, 0.3) is 5.91 Å². The highest BCUT2D eigenvalue weighted by Gasteiger charge is 2.12. The summed E-state index contributed by atoms with van der Waals surface area (Å²) in [6.07, 6.45) is 4.54. The Balaban J connectivity index is 2.00. The van der Waals surface area contributed by atoms with E-state index >= 15 is 0 Å². The van der Waals surface area contributed by atoms with Gasteiger partial charge in [0, 0.05) is 18.9 Å². The zero-order valence-electron chi connectivity index (χ0n) is 12.1. The van der Waals surface area contributed by atoms with Crippen molar-refractivity contribution in [2.45, 2.75) is 26.7 Å². The number of carbonyl (C=O) groups excluding carboxylic acids is 1. The summed E-state index contributed by atoms with van der Waals surface area (Å²) < 4.78 is 0. The van der Waals surface area contributed by atoms with Crippen LogP contribution in [-0.4, -0.2) is 22.4 Å². The second-order valence-electron chi connectivity index (χ2n) is 5.06. The van der Waals surface area contributed by atoms with E-state index in [9.17, 15) is 4.79 Å². The normalized spacial score (nSPS) is 11.9. The number of hydrogen-bond donors (Lipinski definition) is 1. The van der Waals surface area contributed by atoms with Crippen molar-refractivity contribution in [1.29, 1.82) is 0 Å². The topological polar surface area (TPSA) is 54.9 Å². The molecule has 0 aliphatic carbocycles. The molecule has 104 valence electrons. The molecule has 2 aromatic rings. The van der Waals surface area contributed by atoms with E-state index in [0.717, 1.165) is 0 Å². The molecule has 1 heterocycles. The van der Waals surface area contributed by atoms with E-state index in [0.29, 0.717) is 12.2 Å². The molecular formula is C16H19N3O. The molecule has 0 saturated heterocycles. The maximum atomic E-state index is 11.9. The average Bonchev–Trinajstić information content (AvgIpc) is 2.47. The predicted molar refractivity (Wildman–Crippen MR) is 78.7 cm³/mol. The van der Waals surface area contributed by atoms with Crippen LogP contribution in [0.25, 0.3) is 0 Å². The molecule has 20 heavy (non-hydrogen) atoms. The number of rotatable bonds is 4. The largest absolute Gasteiger partial charge is 0.350 e. The monoisotopic (exact) mass is 269 g/mol. The van der Waals surface area contributed by atoms with Crippen molar-refractivity contribution >= 4 is 5.91 Å². The van der Waals surface area contributed by atoms with Crippen LogP contribution in [0.4, 0.5) is 0 Å². The zero-order chi connectivity index (χ0) is 14.5. The van der Waals surface area contributed by atoms with E-state index in [1.807, 2.05) is 0 Å². The zero-order valence-corrected chi connectivity index (χ0v) is 12.1. The van der Waals surface area contributed by atoms with Gasteiger partial charge in [-0.3, -0.25) is 9.78 Å². The Morgan fingerprint density at radius 3 is 2.80 bits per heavy atom. The molecule has 4 nitrogen and oxygen atoms in total. The van der Waals surface area contributed by atoms with E-state index in [1.165, 1.54) is 29.1 Å². The number of benzene rings is 1. The van der Waals surface area contributed by atoms with Crippen molar-refractivity contribution in [2.24, 2.45) is 0 Å². The standard InChI is InChI=1S/C16H19N3O/c1-11-4-5-12(2)14(8-11)13(3)9-19-16(20)15-10-17-6-7-18-15/h4-8,10,13H,9H2,1-3H3,(H,19,20)/t13-/m0/s1. The molecule has 0 spiro atoms. The van der Waals surface area contributed by atoms with Crippen LogP contribution in [0.5, 0.6) is 0 Å². The summed E-state index contributed by atoms with van der Waals surface area (Å²) >= 11 is 0. The van der Waals surface area contributed by atoms with Crippen LogP contribution in [0, 0.1) is 13.8 Å². The van der Waals surface area contributed by atoms with Gasteiger partial charge < -0.3 is 5.32 Å². The molecule has 4 heteroatoms. The number of nitrogens with zero attached hydrogens (tertiary/aromatic N) is 2. The summed E-state index contributed by atoms with van der Waals surface area (Å²) in [5.41, 5.74) is 4.10. The predicted octanol–water partition coefficient (Wildman–Crippen LogP) is 2.63. The quantitative estimate of drug-likeness (QED) is 0.928. The van der Waals surface area contributed by atoms with Gasteiger partial charge in [0.15, 0.2) is 0 Å². The van der Waals surface area contributed by atoms with E-state index in [4.69, 9.17) is 0 Å². The number of carbonyl (C=O) groups is 1. The fourth-order valence-electron chi connectivity index (χ4n) is 2.15. The Bertz CT molecular complexity index is 596. The van der Waals surface area contributed by atoms with Crippen LogP contribution in [0.1, 0.15) is 40.0 Å². The highest BCUT2D eigenvalue weighted by Crippen LogP contribution is 2.20. The van der Waals surface area contributed by atoms with Gasteiger partial charge in [-0.25, -0.2) is 4.98 Å². The van der Waals surface area contributed by atoms with Gasteiger partial charge in [-0.05, 0) is 30.9 Å².